The Hall–Kier alpha value is -2.22. The average molecular weight is 246 g/mol. The summed E-state index contributed by atoms with van der Waals surface area (Å²) in [5, 5.41) is 14.6. The lowest BCUT2D eigenvalue weighted by Crippen LogP contribution is -2.25. The molecule has 0 radical (unpaired) electrons. The molecule has 0 aromatic heterocycles. The zero-order valence-corrected chi connectivity index (χ0v) is 10.5. The van der Waals surface area contributed by atoms with Crippen LogP contribution >= 0.6 is 0 Å². The maximum absolute atomic E-state index is 11.4. The molecule has 0 unspecified atom stereocenters. The van der Waals surface area contributed by atoms with E-state index in [-0.39, 0.29) is 5.91 Å². The normalized spacial score (nSPS) is 9.56. The molecule has 0 bridgehead atoms. The molecule has 0 aliphatic carbocycles. The highest BCUT2D eigenvalue weighted by Gasteiger charge is 2.02. The first kappa shape index (κ1) is 13.8. The SMILES string of the molecule is CCCNC(=O)CCNc1ccc(C#N)cc1N. The number of anilines is 2. The van der Waals surface area contributed by atoms with E-state index in [9.17, 15) is 4.79 Å². The van der Waals surface area contributed by atoms with Crippen molar-refractivity contribution in [1.29, 1.82) is 5.26 Å². The van der Waals surface area contributed by atoms with Crippen LogP contribution in [0.25, 0.3) is 0 Å². The third-order valence-electron chi connectivity index (χ3n) is 2.42. The van der Waals surface area contributed by atoms with E-state index in [0.717, 1.165) is 12.1 Å². The van der Waals surface area contributed by atoms with Crippen LogP contribution in [0.5, 0.6) is 0 Å². The van der Waals surface area contributed by atoms with E-state index >= 15 is 0 Å². The van der Waals surface area contributed by atoms with Crippen molar-refractivity contribution in [2.24, 2.45) is 0 Å². The molecule has 0 aliphatic heterocycles. The molecule has 0 saturated carbocycles. The van der Waals surface area contributed by atoms with Gasteiger partial charge >= 0.3 is 0 Å². The summed E-state index contributed by atoms with van der Waals surface area (Å²) >= 11 is 0. The van der Waals surface area contributed by atoms with Crippen LogP contribution in [0.1, 0.15) is 25.3 Å². The average Bonchev–Trinajstić information content (AvgIpc) is 2.38. The number of rotatable bonds is 6. The fourth-order valence-electron chi connectivity index (χ4n) is 1.46. The summed E-state index contributed by atoms with van der Waals surface area (Å²) in [6.07, 6.45) is 1.33. The quantitative estimate of drug-likeness (QED) is 0.663. The zero-order chi connectivity index (χ0) is 13.4. The van der Waals surface area contributed by atoms with Crippen LogP contribution in [-0.2, 0) is 4.79 Å². The molecule has 0 heterocycles. The van der Waals surface area contributed by atoms with Gasteiger partial charge < -0.3 is 16.4 Å². The molecule has 1 rings (SSSR count). The van der Waals surface area contributed by atoms with E-state index in [2.05, 4.69) is 10.6 Å². The second-order valence-electron chi connectivity index (χ2n) is 3.94. The van der Waals surface area contributed by atoms with Crippen LogP contribution in [0.4, 0.5) is 11.4 Å². The van der Waals surface area contributed by atoms with Gasteiger partial charge in [-0.15, -0.1) is 0 Å². The van der Waals surface area contributed by atoms with Crippen LogP contribution < -0.4 is 16.4 Å². The maximum Gasteiger partial charge on any atom is 0.221 e. The van der Waals surface area contributed by atoms with Crippen molar-refractivity contribution >= 4 is 17.3 Å². The molecule has 1 aromatic carbocycles. The molecule has 1 aromatic rings. The number of nitrogens with two attached hydrogens (primary N) is 1. The molecular weight excluding hydrogens is 228 g/mol. The molecule has 0 spiro atoms. The molecular formula is C13H18N4O. The third kappa shape index (κ3) is 4.34. The number of nitrogens with one attached hydrogen (secondary N) is 2. The van der Waals surface area contributed by atoms with Gasteiger partial charge in [0.05, 0.1) is 23.0 Å². The van der Waals surface area contributed by atoms with Crippen LogP contribution in [0.2, 0.25) is 0 Å². The highest BCUT2D eigenvalue weighted by Crippen LogP contribution is 2.19. The Morgan fingerprint density at radius 3 is 2.83 bits per heavy atom. The minimum absolute atomic E-state index is 0.0246. The molecule has 4 N–H and O–H groups in total. The van der Waals surface area contributed by atoms with E-state index < -0.39 is 0 Å². The first-order chi connectivity index (χ1) is 8.67. The Bertz CT molecular complexity index is 451. The molecule has 0 saturated heterocycles. The predicted octanol–water partition coefficient (Wildman–Crippen LogP) is 1.47. The second-order valence-corrected chi connectivity index (χ2v) is 3.94. The van der Waals surface area contributed by atoms with Crippen LogP contribution in [0.15, 0.2) is 18.2 Å². The number of amides is 1. The van der Waals surface area contributed by atoms with Crippen molar-refractivity contribution in [2.75, 3.05) is 24.1 Å². The van der Waals surface area contributed by atoms with Crippen molar-refractivity contribution < 1.29 is 4.79 Å². The van der Waals surface area contributed by atoms with Crippen molar-refractivity contribution in [3.63, 3.8) is 0 Å². The van der Waals surface area contributed by atoms with Gasteiger partial charge in [0.2, 0.25) is 5.91 Å². The first-order valence-electron chi connectivity index (χ1n) is 5.97. The van der Waals surface area contributed by atoms with E-state index in [1.54, 1.807) is 18.2 Å². The number of carbonyl (C=O) groups excluding carboxylic acids is 1. The summed E-state index contributed by atoms with van der Waals surface area (Å²) in [7, 11) is 0. The number of hydrogen-bond donors (Lipinski definition) is 3. The van der Waals surface area contributed by atoms with Crippen molar-refractivity contribution in [1.82, 2.24) is 5.32 Å². The van der Waals surface area contributed by atoms with Crippen LogP contribution in [0, 0.1) is 11.3 Å². The lowest BCUT2D eigenvalue weighted by molar-refractivity contribution is -0.120. The largest absolute Gasteiger partial charge is 0.397 e. The maximum atomic E-state index is 11.4. The Kier molecular flexibility index (Phi) is 5.52. The number of nitrogen functional groups attached to an aromatic ring is 1. The molecule has 0 atom stereocenters. The number of nitrogens with zero attached hydrogens (tertiary/aromatic N) is 1. The molecule has 0 aliphatic rings. The highest BCUT2D eigenvalue weighted by atomic mass is 16.1. The highest BCUT2D eigenvalue weighted by molar-refractivity contribution is 5.77. The van der Waals surface area contributed by atoms with Gasteiger partial charge in [0.15, 0.2) is 0 Å². The zero-order valence-electron chi connectivity index (χ0n) is 10.5. The van der Waals surface area contributed by atoms with Crippen molar-refractivity contribution in [3.05, 3.63) is 23.8 Å². The molecule has 18 heavy (non-hydrogen) atoms. The second kappa shape index (κ2) is 7.17. The Morgan fingerprint density at radius 1 is 1.44 bits per heavy atom. The minimum atomic E-state index is 0.0246. The van der Waals surface area contributed by atoms with Gasteiger partial charge in [-0.05, 0) is 24.6 Å². The molecule has 1 amide bonds. The summed E-state index contributed by atoms with van der Waals surface area (Å²) in [4.78, 5) is 11.4. The minimum Gasteiger partial charge on any atom is -0.397 e. The summed E-state index contributed by atoms with van der Waals surface area (Å²) in [5.41, 5.74) is 7.57. The summed E-state index contributed by atoms with van der Waals surface area (Å²) in [5.74, 6) is 0.0246. The number of carbonyl (C=O) groups is 1. The first-order valence-corrected chi connectivity index (χ1v) is 5.97. The van der Waals surface area contributed by atoms with Gasteiger partial charge in [0.1, 0.15) is 0 Å². The smallest absolute Gasteiger partial charge is 0.221 e. The standard InChI is InChI=1S/C13H18N4O/c1-2-6-17-13(18)5-7-16-12-4-3-10(9-14)8-11(12)15/h3-4,8,16H,2,5-7,15H2,1H3,(H,17,18). The predicted molar refractivity (Wildman–Crippen MR) is 72.0 cm³/mol. The summed E-state index contributed by atoms with van der Waals surface area (Å²) < 4.78 is 0. The lowest BCUT2D eigenvalue weighted by Gasteiger charge is -2.09. The summed E-state index contributed by atoms with van der Waals surface area (Å²) in [6.45, 7) is 3.24. The fraction of sp³-hybridized carbons (Fsp3) is 0.385. The van der Waals surface area contributed by atoms with Gasteiger partial charge in [-0.25, -0.2) is 0 Å². The Labute approximate surface area is 107 Å². The monoisotopic (exact) mass is 246 g/mol. The molecule has 0 fully saturated rings. The van der Waals surface area contributed by atoms with Crippen LogP contribution in [0.3, 0.4) is 0 Å². The fourth-order valence-corrected chi connectivity index (χ4v) is 1.46. The molecule has 96 valence electrons. The van der Waals surface area contributed by atoms with Crippen molar-refractivity contribution in [2.45, 2.75) is 19.8 Å². The third-order valence-corrected chi connectivity index (χ3v) is 2.42. The Morgan fingerprint density at radius 2 is 2.22 bits per heavy atom. The van der Waals surface area contributed by atoms with Crippen LogP contribution in [-0.4, -0.2) is 19.0 Å². The number of hydrogen-bond acceptors (Lipinski definition) is 4. The van der Waals surface area contributed by atoms with E-state index in [0.29, 0.717) is 30.8 Å². The van der Waals surface area contributed by atoms with Crippen molar-refractivity contribution in [3.8, 4) is 6.07 Å². The topological polar surface area (TPSA) is 90.9 Å². The van der Waals surface area contributed by atoms with E-state index in [4.69, 9.17) is 11.0 Å². The Balaban J connectivity index is 2.40. The molecule has 5 heteroatoms. The van der Waals surface area contributed by atoms with Gasteiger partial charge in [0, 0.05) is 19.5 Å². The van der Waals surface area contributed by atoms with E-state index in [1.807, 2.05) is 13.0 Å². The number of benzene rings is 1. The van der Waals surface area contributed by atoms with Gasteiger partial charge in [0.25, 0.3) is 0 Å². The molecule has 5 nitrogen and oxygen atoms in total. The van der Waals surface area contributed by atoms with E-state index in [1.165, 1.54) is 0 Å². The summed E-state index contributed by atoms with van der Waals surface area (Å²) in [6, 6.07) is 7.07. The number of nitriles is 1. The lowest BCUT2D eigenvalue weighted by atomic mass is 10.2. The van der Waals surface area contributed by atoms with Gasteiger partial charge in [-0.2, -0.15) is 5.26 Å². The van der Waals surface area contributed by atoms with Gasteiger partial charge in [-0.3, -0.25) is 4.79 Å². The van der Waals surface area contributed by atoms with Gasteiger partial charge in [-0.1, -0.05) is 6.92 Å².